The van der Waals surface area contributed by atoms with E-state index in [1.165, 1.54) is 20.3 Å². The first kappa shape index (κ1) is 24.2. The van der Waals surface area contributed by atoms with Gasteiger partial charge in [-0.1, -0.05) is 0 Å². The van der Waals surface area contributed by atoms with Crippen molar-refractivity contribution in [2.45, 2.75) is 23.0 Å². The Balaban J connectivity index is 1.47. The molecule has 0 radical (unpaired) electrons. The lowest BCUT2D eigenvalue weighted by molar-refractivity contribution is 0.354. The molecule has 8 nitrogen and oxygen atoms in total. The molecule has 0 bridgehead atoms. The van der Waals surface area contributed by atoms with Gasteiger partial charge in [-0.05, 0) is 37.1 Å². The topological polar surface area (TPSA) is 87.2 Å². The van der Waals surface area contributed by atoms with Crippen LogP contribution in [-0.2, 0) is 9.84 Å². The molecule has 0 amide bonds. The molecule has 34 heavy (non-hydrogen) atoms. The van der Waals surface area contributed by atoms with E-state index in [2.05, 4.69) is 4.90 Å². The fourth-order valence-corrected chi connectivity index (χ4v) is 6.71. The van der Waals surface area contributed by atoms with Crippen LogP contribution in [0.25, 0.3) is 11.3 Å². The van der Waals surface area contributed by atoms with E-state index in [9.17, 15) is 8.42 Å². The van der Waals surface area contributed by atoms with Gasteiger partial charge in [0, 0.05) is 36.2 Å². The molecule has 0 unspecified atom stereocenters. The molecule has 182 valence electrons. The van der Waals surface area contributed by atoms with Crippen molar-refractivity contribution in [3.8, 4) is 34.3 Å². The van der Waals surface area contributed by atoms with Crippen LogP contribution in [-0.4, -0.2) is 60.2 Å². The molecule has 0 N–H and O–H groups in total. The number of ether oxygens (including phenoxy) is 4. The predicted octanol–water partition coefficient (Wildman–Crippen LogP) is 4.29. The van der Waals surface area contributed by atoms with Gasteiger partial charge in [0.05, 0.1) is 44.3 Å². The average Bonchev–Trinajstić information content (AvgIpc) is 3.38. The summed E-state index contributed by atoms with van der Waals surface area (Å²) in [5, 5.41) is 2.41. The molecule has 1 fully saturated rings. The Hall–Kier alpha value is -2.98. The third-order valence-corrected chi connectivity index (χ3v) is 9.17. The first-order valence-electron chi connectivity index (χ1n) is 10.8. The van der Waals surface area contributed by atoms with Gasteiger partial charge in [-0.3, -0.25) is 0 Å². The van der Waals surface area contributed by atoms with Crippen molar-refractivity contribution >= 4 is 26.3 Å². The van der Waals surface area contributed by atoms with Crippen LogP contribution in [0.3, 0.4) is 0 Å². The number of nitrogens with zero attached hydrogens (tertiary/aromatic N) is 2. The second-order valence-corrected chi connectivity index (χ2v) is 10.9. The van der Waals surface area contributed by atoms with Crippen LogP contribution in [0.1, 0.15) is 12.8 Å². The highest BCUT2D eigenvalue weighted by Crippen LogP contribution is 2.37. The van der Waals surface area contributed by atoms with Crippen LogP contribution in [0.4, 0.5) is 5.13 Å². The summed E-state index contributed by atoms with van der Waals surface area (Å²) in [6.45, 7) is 1.23. The van der Waals surface area contributed by atoms with E-state index >= 15 is 0 Å². The number of piperidine rings is 1. The van der Waals surface area contributed by atoms with Gasteiger partial charge in [0.1, 0.15) is 11.5 Å². The van der Waals surface area contributed by atoms with E-state index in [-0.39, 0.29) is 4.90 Å². The minimum absolute atomic E-state index is 0.256. The molecule has 1 saturated heterocycles. The number of aromatic nitrogens is 1. The number of thiazole rings is 1. The lowest BCUT2D eigenvalue weighted by Gasteiger charge is -2.31. The maximum Gasteiger partial charge on any atom is 0.185 e. The Kier molecular flexibility index (Phi) is 7.18. The maximum atomic E-state index is 13.3. The second-order valence-electron chi connectivity index (χ2n) is 7.83. The van der Waals surface area contributed by atoms with Crippen LogP contribution >= 0.6 is 11.3 Å². The monoisotopic (exact) mass is 504 g/mol. The molecule has 2 heterocycles. The Morgan fingerprint density at radius 3 is 2.24 bits per heavy atom. The maximum absolute atomic E-state index is 13.3. The molecule has 1 aliphatic heterocycles. The molecule has 3 aromatic rings. The third-order valence-electron chi connectivity index (χ3n) is 6.01. The molecule has 2 aromatic carbocycles. The third kappa shape index (κ3) is 4.65. The molecule has 0 aliphatic carbocycles. The number of rotatable bonds is 8. The number of hydrogen-bond acceptors (Lipinski definition) is 9. The van der Waals surface area contributed by atoms with Crippen LogP contribution in [0.15, 0.2) is 46.7 Å². The van der Waals surface area contributed by atoms with E-state index in [4.69, 9.17) is 23.9 Å². The van der Waals surface area contributed by atoms with Crippen LogP contribution in [0.5, 0.6) is 23.0 Å². The van der Waals surface area contributed by atoms with Crippen molar-refractivity contribution in [3.63, 3.8) is 0 Å². The Morgan fingerprint density at radius 1 is 0.882 bits per heavy atom. The normalized spacial score (nSPS) is 14.6. The largest absolute Gasteiger partial charge is 0.497 e. The fourth-order valence-electron chi connectivity index (χ4n) is 4.09. The Labute approximate surface area is 204 Å². The summed E-state index contributed by atoms with van der Waals surface area (Å²) in [7, 11) is 2.77. The number of methoxy groups -OCH3 is 4. The summed E-state index contributed by atoms with van der Waals surface area (Å²) in [4.78, 5) is 7.20. The highest BCUT2D eigenvalue weighted by molar-refractivity contribution is 7.92. The SMILES string of the molecule is COc1ccc(-c2csc(N3CCC(S(=O)(=O)c4ccc(OC)c(OC)c4)CC3)n2)c(OC)c1. The Morgan fingerprint density at radius 2 is 1.59 bits per heavy atom. The lowest BCUT2D eigenvalue weighted by Crippen LogP contribution is -2.39. The van der Waals surface area contributed by atoms with Crippen LogP contribution < -0.4 is 23.8 Å². The van der Waals surface area contributed by atoms with E-state index in [1.54, 1.807) is 37.7 Å². The van der Waals surface area contributed by atoms with Gasteiger partial charge in [0.2, 0.25) is 0 Å². The summed E-state index contributed by atoms with van der Waals surface area (Å²) < 4.78 is 47.8. The number of sulfone groups is 1. The van der Waals surface area contributed by atoms with Gasteiger partial charge in [-0.2, -0.15) is 0 Å². The lowest BCUT2D eigenvalue weighted by atomic mass is 10.1. The summed E-state index contributed by atoms with van der Waals surface area (Å²) in [5.74, 6) is 2.32. The Bertz CT molecular complexity index is 1250. The van der Waals surface area contributed by atoms with E-state index < -0.39 is 15.1 Å². The molecule has 10 heteroatoms. The van der Waals surface area contributed by atoms with E-state index in [0.29, 0.717) is 48.9 Å². The van der Waals surface area contributed by atoms with Gasteiger partial charge >= 0.3 is 0 Å². The minimum Gasteiger partial charge on any atom is -0.497 e. The molecule has 0 atom stereocenters. The summed E-state index contributed by atoms with van der Waals surface area (Å²) in [6, 6.07) is 10.4. The number of hydrogen-bond donors (Lipinski definition) is 0. The summed E-state index contributed by atoms with van der Waals surface area (Å²) in [5.41, 5.74) is 1.70. The second kappa shape index (κ2) is 10.1. The zero-order valence-corrected chi connectivity index (χ0v) is 21.2. The van der Waals surface area contributed by atoms with Gasteiger partial charge in [-0.25, -0.2) is 13.4 Å². The first-order chi connectivity index (χ1) is 16.4. The van der Waals surface area contributed by atoms with Gasteiger partial charge in [0.25, 0.3) is 0 Å². The van der Waals surface area contributed by atoms with Gasteiger partial charge < -0.3 is 23.8 Å². The molecule has 1 aliphatic rings. The highest BCUT2D eigenvalue weighted by Gasteiger charge is 2.33. The van der Waals surface area contributed by atoms with Crippen molar-refractivity contribution in [1.29, 1.82) is 0 Å². The zero-order valence-electron chi connectivity index (χ0n) is 19.6. The standard InChI is InChI=1S/C24H28N2O6S2/c1-29-16-5-7-19(22(13-16)31-3)20-15-33-24(25-20)26-11-9-17(10-12-26)34(27,28)18-6-8-21(30-2)23(14-18)32-4/h5-8,13-15,17H,9-12H2,1-4H3. The molecule has 0 saturated carbocycles. The fraction of sp³-hybridized carbons (Fsp3) is 0.375. The first-order valence-corrected chi connectivity index (χ1v) is 13.2. The smallest absolute Gasteiger partial charge is 0.185 e. The van der Waals surface area contributed by atoms with Crippen LogP contribution in [0.2, 0.25) is 0 Å². The van der Waals surface area contributed by atoms with Gasteiger partial charge in [-0.15, -0.1) is 11.3 Å². The molecule has 1 aromatic heterocycles. The van der Waals surface area contributed by atoms with Crippen molar-refractivity contribution in [3.05, 3.63) is 41.8 Å². The molecular weight excluding hydrogens is 476 g/mol. The quantitative estimate of drug-likeness (QED) is 0.449. The van der Waals surface area contributed by atoms with E-state index in [1.807, 2.05) is 23.6 Å². The number of anilines is 1. The van der Waals surface area contributed by atoms with Gasteiger partial charge in [0.15, 0.2) is 26.5 Å². The summed E-state index contributed by atoms with van der Waals surface area (Å²) in [6.07, 6.45) is 1.05. The minimum atomic E-state index is -3.49. The number of benzene rings is 2. The zero-order chi connectivity index (χ0) is 24.3. The predicted molar refractivity (Wildman–Crippen MR) is 133 cm³/mol. The van der Waals surface area contributed by atoms with Crippen molar-refractivity contribution in [2.75, 3.05) is 46.4 Å². The average molecular weight is 505 g/mol. The van der Waals surface area contributed by atoms with E-state index in [0.717, 1.165) is 16.4 Å². The van der Waals surface area contributed by atoms with Crippen LogP contribution in [0, 0.1) is 0 Å². The van der Waals surface area contributed by atoms with Crippen molar-refractivity contribution in [1.82, 2.24) is 4.98 Å². The summed E-state index contributed by atoms with van der Waals surface area (Å²) >= 11 is 1.54. The molecule has 4 rings (SSSR count). The van der Waals surface area contributed by atoms with Crippen molar-refractivity contribution < 1.29 is 27.4 Å². The van der Waals surface area contributed by atoms with Crippen molar-refractivity contribution in [2.24, 2.45) is 0 Å². The molecule has 0 spiro atoms. The highest BCUT2D eigenvalue weighted by atomic mass is 32.2. The molecular formula is C24H28N2O6S2.